The van der Waals surface area contributed by atoms with Crippen LogP contribution in [0.1, 0.15) is 41.3 Å². The number of amidine groups is 1. The van der Waals surface area contributed by atoms with Gasteiger partial charge in [0.2, 0.25) is 0 Å². The number of aliphatic imine (C=N–C) groups is 1. The Balaban J connectivity index is 2.07. The van der Waals surface area contributed by atoms with Gasteiger partial charge in [0, 0.05) is 0 Å². The van der Waals surface area contributed by atoms with Crippen LogP contribution in [0.2, 0.25) is 0 Å². The molecule has 3 rings (SSSR count). The fraction of sp³-hybridized carbons (Fsp3) is 0.263. The van der Waals surface area contributed by atoms with Crippen molar-refractivity contribution in [1.82, 2.24) is 4.90 Å². The molecule has 0 bridgehead atoms. The van der Waals surface area contributed by atoms with Crippen molar-refractivity contribution in [1.29, 1.82) is 0 Å². The summed E-state index contributed by atoms with van der Waals surface area (Å²) in [5, 5.41) is -0.494. The predicted molar refractivity (Wildman–Crippen MR) is 94.0 cm³/mol. The van der Waals surface area contributed by atoms with E-state index < -0.39 is 5.37 Å². The summed E-state index contributed by atoms with van der Waals surface area (Å²) in [4.78, 5) is 18.2. The van der Waals surface area contributed by atoms with Crippen molar-refractivity contribution < 1.29 is 4.79 Å². The number of amides is 1. The Hall–Kier alpha value is -2.13. The Morgan fingerprint density at radius 3 is 1.87 bits per heavy atom. The molecule has 3 nitrogen and oxygen atoms in total. The lowest BCUT2D eigenvalue weighted by Gasteiger charge is -2.27. The van der Waals surface area contributed by atoms with Crippen molar-refractivity contribution in [2.75, 3.05) is 0 Å². The van der Waals surface area contributed by atoms with Gasteiger partial charge >= 0.3 is 5.37 Å². The van der Waals surface area contributed by atoms with Crippen LogP contribution in [-0.4, -0.2) is 16.1 Å². The van der Waals surface area contributed by atoms with Crippen LogP contribution in [0, 0.1) is 13.8 Å². The third-order valence-corrected chi connectivity index (χ3v) is 4.46. The van der Waals surface area contributed by atoms with Gasteiger partial charge in [0.05, 0.1) is 6.04 Å². The third-order valence-electron chi connectivity index (χ3n) is 4.28. The van der Waals surface area contributed by atoms with Gasteiger partial charge < -0.3 is 0 Å². The van der Waals surface area contributed by atoms with Crippen molar-refractivity contribution in [3.8, 4) is 0 Å². The number of carbonyl (C=O) groups excluding carboxylic acids is 1. The minimum Gasteiger partial charge on any atom is -0.277 e. The van der Waals surface area contributed by atoms with E-state index in [4.69, 9.17) is 16.6 Å². The number of benzene rings is 2. The monoisotopic (exact) mass is 326 g/mol. The topological polar surface area (TPSA) is 32.7 Å². The number of hydrogen-bond donors (Lipinski definition) is 0. The summed E-state index contributed by atoms with van der Waals surface area (Å²) in [7, 11) is 0. The number of halogens is 1. The van der Waals surface area contributed by atoms with E-state index in [0.717, 1.165) is 11.1 Å². The fourth-order valence-corrected chi connectivity index (χ4v) is 3.26. The number of carbonyl (C=O) groups is 1. The molecule has 0 N–H and O–H groups in total. The molecule has 0 saturated carbocycles. The maximum atomic E-state index is 11.9. The minimum absolute atomic E-state index is 0.138. The van der Waals surface area contributed by atoms with Crippen molar-refractivity contribution in [3.63, 3.8) is 0 Å². The second-order valence-corrected chi connectivity index (χ2v) is 6.33. The third kappa shape index (κ3) is 3.02. The number of hydrogen-bond acceptors (Lipinski definition) is 2. The van der Waals surface area contributed by atoms with Gasteiger partial charge in [-0.3, -0.25) is 14.7 Å². The molecule has 0 saturated heterocycles. The first-order valence-electron chi connectivity index (χ1n) is 7.63. The Kier molecular flexibility index (Phi) is 4.22. The van der Waals surface area contributed by atoms with Crippen LogP contribution >= 0.6 is 11.6 Å². The molecule has 0 radical (unpaired) electrons. The summed E-state index contributed by atoms with van der Waals surface area (Å²) in [6.45, 7) is 5.93. The maximum Gasteiger partial charge on any atom is 0.322 e. The molecular formula is C19H19ClN2O. The highest BCUT2D eigenvalue weighted by Crippen LogP contribution is 2.42. The molecule has 1 aliphatic rings. The van der Waals surface area contributed by atoms with Crippen LogP contribution in [-0.2, 0) is 0 Å². The zero-order chi connectivity index (χ0) is 16.6. The molecule has 118 valence electrons. The highest BCUT2D eigenvalue weighted by atomic mass is 35.5. The molecule has 0 unspecified atom stereocenters. The molecule has 0 spiro atoms. The Bertz CT molecular complexity index is 750. The fourth-order valence-electron chi connectivity index (χ4n) is 3.03. The minimum atomic E-state index is -0.494. The molecule has 1 amide bonds. The van der Waals surface area contributed by atoms with E-state index in [0.29, 0.717) is 5.84 Å². The standard InChI is InChI=1S/C19H19ClN2O/c1-12-4-8-15(9-5-12)17-18(16-10-6-13(2)7-11-16)22(19(20)23)14(3)21-17/h4-11,17-18H,1-3H3/t17-,18+/m0/s1. The van der Waals surface area contributed by atoms with Crippen molar-refractivity contribution in [2.24, 2.45) is 4.99 Å². The van der Waals surface area contributed by atoms with E-state index in [9.17, 15) is 4.79 Å². The van der Waals surface area contributed by atoms with Gasteiger partial charge in [0.25, 0.3) is 0 Å². The van der Waals surface area contributed by atoms with E-state index in [-0.39, 0.29) is 12.1 Å². The maximum absolute atomic E-state index is 11.9. The van der Waals surface area contributed by atoms with E-state index in [2.05, 4.69) is 31.2 Å². The average molecular weight is 327 g/mol. The van der Waals surface area contributed by atoms with Gasteiger partial charge in [-0.05, 0) is 43.5 Å². The summed E-state index contributed by atoms with van der Waals surface area (Å²) < 4.78 is 0. The van der Waals surface area contributed by atoms with Gasteiger partial charge in [-0.2, -0.15) is 0 Å². The average Bonchev–Trinajstić information content (AvgIpc) is 2.86. The summed E-state index contributed by atoms with van der Waals surface area (Å²) in [5.74, 6) is 0.654. The number of rotatable bonds is 2. The summed E-state index contributed by atoms with van der Waals surface area (Å²) in [5.41, 5.74) is 4.50. The van der Waals surface area contributed by atoms with Crippen molar-refractivity contribution in [2.45, 2.75) is 32.9 Å². The lowest BCUT2D eigenvalue weighted by atomic mass is 9.93. The van der Waals surface area contributed by atoms with Gasteiger partial charge in [-0.25, -0.2) is 0 Å². The molecule has 0 aliphatic carbocycles. The van der Waals surface area contributed by atoms with Gasteiger partial charge in [0.15, 0.2) is 0 Å². The van der Waals surface area contributed by atoms with Crippen molar-refractivity contribution >= 4 is 22.8 Å². The van der Waals surface area contributed by atoms with Crippen LogP contribution in [0.5, 0.6) is 0 Å². The first-order chi connectivity index (χ1) is 11.0. The van der Waals surface area contributed by atoms with Crippen molar-refractivity contribution in [3.05, 3.63) is 70.8 Å². The molecule has 0 aromatic heterocycles. The SMILES string of the molecule is CC1=N[C@@H](c2ccc(C)cc2)[C@@H](c2ccc(C)cc2)N1C(=O)Cl. The number of nitrogens with zero attached hydrogens (tertiary/aromatic N) is 2. The summed E-state index contributed by atoms with van der Waals surface area (Å²) in [6, 6.07) is 16.1. The van der Waals surface area contributed by atoms with E-state index in [1.54, 1.807) is 4.90 Å². The Morgan fingerprint density at radius 1 is 0.913 bits per heavy atom. The highest BCUT2D eigenvalue weighted by Gasteiger charge is 2.39. The molecule has 1 heterocycles. The van der Waals surface area contributed by atoms with Gasteiger partial charge in [-0.1, -0.05) is 59.7 Å². The second-order valence-electron chi connectivity index (χ2n) is 6.01. The first-order valence-corrected chi connectivity index (χ1v) is 8.01. The van der Waals surface area contributed by atoms with Gasteiger partial charge in [-0.15, -0.1) is 0 Å². The van der Waals surface area contributed by atoms with Crippen LogP contribution in [0.3, 0.4) is 0 Å². The first kappa shape index (κ1) is 15.8. The van der Waals surface area contributed by atoms with E-state index in [1.807, 2.05) is 38.1 Å². The Morgan fingerprint density at radius 2 is 1.39 bits per heavy atom. The molecule has 23 heavy (non-hydrogen) atoms. The zero-order valence-corrected chi connectivity index (χ0v) is 14.2. The second kappa shape index (κ2) is 6.17. The quantitative estimate of drug-likeness (QED) is 0.553. The lowest BCUT2D eigenvalue weighted by molar-refractivity contribution is 0.231. The predicted octanol–water partition coefficient (Wildman–Crippen LogP) is 5.18. The molecule has 2 aromatic carbocycles. The van der Waals surface area contributed by atoms with E-state index in [1.165, 1.54) is 11.1 Å². The largest absolute Gasteiger partial charge is 0.322 e. The normalized spacial score (nSPS) is 20.5. The van der Waals surface area contributed by atoms with Crippen LogP contribution in [0.15, 0.2) is 53.5 Å². The molecule has 0 fully saturated rings. The lowest BCUT2D eigenvalue weighted by Crippen LogP contribution is -2.32. The number of aryl methyl sites for hydroxylation is 2. The molecular weight excluding hydrogens is 308 g/mol. The smallest absolute Gasteiger partial charge is 0.277 e. The van der Waals surface area contributed by atoms with Crippen LogP contribution in [0.4, 0.5) is 4.79 Å². The Labute approximate surface area is 141 Å². The summed E-state index contributed by atoms with van der Waals surface area (Å²) in [6.07, 6.45) is 0. The van der Waals surface area contributed by atoms with Crippen LogP contribution < -0.4 is 0 Å². The molecule has 2 aromatic rings. The molecule has 2 atom stereocenters. The zero-order valence-electron chi connectivity index (χ0n) is 13.5. The van der Waals surface area contributed by atoms with Crippen LogP contribution in [0.25, 0.3) is 0 Å². The molecule has 1 aliphatic heterocycles. The molecule has 4 heteroatoms. The van der Waals surface area contributed by atoms with Gasteiger partial charge in [0.1, 0.15) is 11.9 Å². The van der Waals surface area contributed by atoms with E-state index >= 15 is 0 Å². The summed E-state index contributed by atoms with van der Waals surface area (Å²) >= 11 is 5.84. The highest BCUT2D eigenvalue weighted by molar-refractivity contribution is 6.64.